The van der Waals surface area contributed by atoms with Crippen LogP contribution in [0.5, 0.6) is 0 Å². The lowest BCUT2D eigenvalue weighted by Gasteiger charge is -2.36. The predicted molar refractivity (Wildman–Crippen MR) is 364 cm³/mol. The van der Waals surface area contributed by atoms with Gasteiger partial charge in [0, 0.05) is 70.0 Å². The molecule has 5 aromatic rings. The maximum atomic E-state index is 13.9. The van der Waals surface area contributed by atoms with E-state index in [1.165, 1.54) is 39.7 Å². The van der Waals surface area contributed by atoms with Gasteiger partial charge in [-0.1, -0.05) is 46.4 Å². The van der Waals surface area contributed by atoms with Gasteiger partial charge in [0.05, 0.1) is 73.5 Å². The molecular weight excluding hydrogens is 1310 g/mol. The van der Waals surface area contributed by atoms with Crippen molar-refractivity contribution in [3.05, 3.63) is 152 Å². The number of rotatable bonds is 26. The van der Waals surface area contributed by atoms with E-state index < -0.39 is 89.1 Å². The molecule has 0 saturated carbocycles. The lowest BCUT2D eigenvalue weighted by atomic mass is 9.64. The van der Waals surface area contributed by atoms with E-state index in [9.17, 15) is 58.2 Å². The highest BCUT2D eigenvalue weighted by atomic mass is 33.1. The third kappa shape index (κ3) is 16.0. The Morgan fingerprint density at radius 3 is 2.19 bits per heavy atom. The lowest BCUT2D eigenvalue weighted by Crippen LogP contribution is -2.44. The molecule has 3 aliphatic heterocycles. The summed E-state index contributed by atoms with van der Waals surface area (Å²) < 4.78 is 20.8. The standard InChI is InChI=1S/C66H70N14O16S2/c1-9-37-31(2)44-25-49-41-17-14-40(62(90)94-7)55(63(91)95-8)66(41,5)51(74-49)27-45-33(4)39(16-21-54(83)93-6)48(73-45)26-47-38(32(3)43(72-47)24-46(37)71-44)15-19-53(82)79-80-65(92)96-22-23-97-98-30-50(61(88)89)75-52(81)20-18-42(60(86)87)76-58(84)34-10-12-35(13-11-34)68-28-36-29-69-57-56(70-36)59(85)78-64(67)77-57/h9-14,17,24-27,29,42,50,55,68,72,74H,1,15-16,18-23,28,30H2,2-8H3,(H,75,81)(H,76,84)(H,79,82)(H,80,92)(H,86,87)(H,88,89)(H3,67,69,77,78,85)/t42-,50?,55+,66-/m0/s1. The molecule has 512 valence electrons. The zero-order valence-corrected chi connectivity index (χ0v) is 55.8. The zero-order chi connectivity index (χ0) is 70.7. The SMILES string of the molecule is C=CC1=C(C)c2cc3[nH]c(cc4nc(cc5[nH]c(cc1n2)c(C)c5CCC(=O)NNC(=O)OCCSSCC(NC(=O)CC[C@H](NC(=O)c1ccc(NCc2cnc5nc(N)[nH]c(=O)c5n2)cc1)C(=O)O)C(=O)O)C(CCC(=O)OC)=C4C)[C@]1(C)C3=CC=C(C(=O)OC)[C@@H]1C(=O)OC. The molecule has 1 unspecified atom stereocenters. The molecule has 4 aliphatic rings. The van der Waals surface area contributed by atoms with Gasteiger partial charge in [0.1, 0.15) is 24.6 Å². The molecule has 9 rings (SSSR count). The first-order valence-corrected chi connectivity index (χ1v) is 32.9. The first kappa shape index (κ1) is 71.2. The van der Waals surface area contributed by atoms with Crippen molar-refractivity contribution < 1.29 is 72.3 Å². The molecule has 12 N–H and O–H groups in total. The summed E-state index contributed by atoms with van der Waals surface area (Å²) in [5.41, 5.74) is 19.3. The molecular formula is C66H70N14O16S2. The quantitative estimate of drug-likeness (QED) is 0.00977. The zero-order valence-electron chi connectivity index (χ0n) is 54.2. The van der Waals surface area contributed by atoms with Gasteiger partial charge in [-0.25, -0.2) is 44.5 Å². The minimum atomic E-state index is -1.50. The van der Waals surface area contributed by atoms with Crippen molar-refractivity contribution in [2.24, 2.45) is 5.92 Å². The molecule has 4 atom stereocenters. The van der Waals surface area contributed by atoms with E-state index in [-0.39, 0.29) is 85.0 Å². The van der Waals surface area contributed by atoms with E-state index in [1.807, 2.05) is 52.0 Å². The summed E-state index contributed by atoms with van der Waals surface area (Å²) in [6.07, 6.45) is 4.96. The fourth-order valence-electron chi connectivity index (χ4n) is 11.5. The maximum Gasteiger partial charge on any atom is 0.426 e. The predicted octanol–water partition coefficient (Wildman–Crippen LogP) is 6.11. The number of aromatic nitrogens is 8. The summed E-state index contributed by atoms with van der Waals surface area (Å²) in [5, 5.41) is 27.5. The van der Waals surface area contributed by atoms with E-state index >= 15 is 0 Å². The van der Waals surface area contributed by atoms with Crippen LogP contribution in [0.25, 0.3) is 50.1 Å². The van der Waals surface area contributed by atoms with Crippen LogP contribution in [0.2, 0.25) is 0 Å². The van der Waals surface area contributed by atoms with Crippen LogP contribution in [0.1, 0.15) is 114 Å². The number of allylic oxidation sites excluding steroid dienone is 8. The smallest absolute Gasteiger partial charge is 0.426 e. The number of carboxylic acid groups (broad SMARTS) is 2. The number of aliphatic carboxylic acids is 2. The van der Waals surface area contributed by atoms with Crippen molar-refractivity contribution in [2.45, 2.75) is 90.3 Å². The third-order valence-corrected chi connectivity index (χ3v) is 19.1. The number of aryl methyl sites for hydroxylation is 2. The molecule has 7 heterocycles. The molecule has 0 spiro atoms. The summed E-state index contributed by atoms with van der Waals surface area (Å²) in [4.78, 5) is 161. The Bertz CT molecular complexity index is 4520. The van der Waals surface area contributed by atoms with Crippen LogP contribution in [0.4, 0.5) is 16.4 Å². The number of hydrogen-bond donors (Lipinski definition) is 11. The number of carboxylic acids is 2. The highest BCUT2D eigenvalue weighted by molar-refractivity contribution is 8.76. The number of esters is 3. The number of anilines is 2. The van der Waals surface area contributed by atoms with E-state index in [1.54, 1.807) is 30.4 Å². The number of nitrogen functional groups attached to an aromatic ring is 1. The summed E-state index contributed by atoms with van der Waals surface area (Å²) in [5.74, 6) is -7.91. The minimum Gasteiger partial charge on any atom is -0.480 e. The van der Waals surface area contributed by atoms with Crippen molar-refractivity contribution in [1.29, 1.82) is 0 Å². The van der Waals surface area contributed by atoms with E-state index in [0.29, 0.717) is 67.7 Å². The molecule has 8 bridgehead atoms. The molecule has 1 aromatic carbocycles. The number of hydrogen-bond acceptors (Lipinski definition) is 23. The van der Waals surface area contributed by atoms with Crippen LogP contribution in [-0.4, -0.2) is 155 Å². The number of nitrogens with zero attached hydrogens (tertiary/aromatic N) is 5. The summed E-state index contributed by atoms with van der Waals surface area (Å²) in [7, 11) is 5.99. The number of benzene rings is 1. The second kappa shape index (κ2) is 31.2. The number of hydrazine groups is 1. The average Bonchev–Trinajstić information content (AvgIpc) is 1.54. The average molecular weight is 1380 g/mol. The first-order valence-electron chi connectivity index (χ1n) is 30.5. The number of carbonyl (C=O) groups excluding carboxylic acids is 7. The van der Waals surface area contributed by atoms with Crippen molar-refractivity contribution >= 4 is 137 Å². The van der Waals surface area contributed by atoms with Gasteiger partial charge >= 0.3 is 35.9 Å². The molecule has 0 saturated heterocycles. The Morgan fingerprint density at radius 2 is 1.49 bits per heavy atom. The van der Waals surface area contributed by atoms with Gasteiger partial charge < -0.3 is 60.8 Å². The van der Waals surface area contributed by atoms with Crippen molar-refractivity contribution in [1.82, 2.24) is 61.4 Å². The number of nitrogens with one attached hydrogen (secondary N) is 8. The first-order chi connectivity index (χ1) is 46.8. The fourth-order valence-corrected chi connectivity index (χ4v) is 13.5. The van der Waals surface area contributed by atoms with Gasteiger partial charge in [-0.2, -0.15) is 4.98 Å². The Labute approximate surface area is 566 Å². The largest absolute Gasteiger partial charge is 0.480 e. The topological polar surface area (TPSA) is 446 Å². The van der Waals surface area contributed by atoms with Gasteiger partial charge in [0.15, 0.2) is 11.2 Å². The van der Waals surface area contributed by atoms with Crippen LogP contribution in [0.3, 0.4) is 0 Å². The number of methoxy groups -OCH3 is 3. The Balaban J connectivity index is 0.794. The number of carbonyl (C=O) groups is 9. The highest BCUT2D eigenvalue weighted by Crippen LogP contribution is 2.53. The molecule has 4 amide bonds. The van der Waals surface area contributed by atoms with Crippen LogP contribution in [0.15, 0.2) is 89.9 Å². The maximum absolute atomic E-state index is 13.9. The normalized spacial score (nSPS) is 15.6. The third-order valence-electron chi connectivity index (χ3n) is 16.8. The Hall–Kier alpha value is -11.2. The molecule has 32 heteroatoms. The van der Waals surface area contributed by atoms with E-state index in [4.69, 9.17) is 34.6 Å². The van der Waals surface area contributed by atoms with Gasteiger partial charge in [0.2, 0.25) is 17.8 Å². The van der Waals surface area contributed by atoms with Gasteiger partial charge in [-0.3, -0.25) is 39.2 Å². The number of nitrogens with two attached hydrogens (primary N) is 1. The highest BCUT2D eigenvalue weighted by Gasteiger charge is 2.53. The van der Waals surface area contributed by atoms with Gasteiger partial charge in [-0.15, -0.1) is 0 Å². The van der Waals surface area contributed by atoms with Crippen LogP contribution in [0, 0.1) is 12.8 Å². The number of H-pyrrole nitrogens is 3. The molecule has 30 nitrogen and oxygen atoms in total. The lowest BCUT2D eigenvalue weighted by molar-refractivity contribution is -0.149. The number of ether oxygens (including phenoxy) is 4. The molecule has 98 heavy (non-hydrogen) atoms. The number of fused-ring (bicyclic) bond motifs is 12. The monoisotopic (exact) mass is 1380 g/mol. The van der Waals surface area contributed by atoms with Crippen molar-refractivity contribution in [2.75, 3.05) is 50.5 Å². The van der Waals surface area contributed by atoms with Crippen LogP contribution in [-0.2, 0) is 70.9 Å². The van der Waals surface area contributed by atoms with Gasteiger partial charge in [-0.05, 0) is 129 Å². The van der Waals surface area contributed by atoms with Crippen LogP contribution >= 0.6 is 21.6 Å². The summed E-state index contributed by atoms with van der Waals surface area (Å²) >= 11 is 0. The molecule has 0 radical (unpaired) electrons. The summed E-state index contributed by atoms with van der Waals surface area (Å²) in [6, 6.07) is 10.5. The van der Waals surface area contributed by atoms with Gasteiger partial charge in [0.25, 0.3) is 11.5 Å². The summed E-state index contributed by atoms with van der Waals surface area (Å²) in [6.45, 7) is 11.6. The molecule has 4 aromatic heterocycles. The van der Waals surface area contributed by atoms with Crippen molar-refractivity contribution in [3.63, 3.8) is 0 Å². The van der Waals surface area contributed by atoms with Crippen molar-refractivity contribution in [3.8, 4) is 0 Å². The Kier molecular flexibility index (Phi) is 22.6. The molecule has 0 fully saturated rings. The number of aromatic amines is 3. The fraction of sp³-hybridized carbons (Fsp3) is 0.318. The Morgan fingerprint density at radius 1 is 0.765 bits per heavy atom. The minimum absolute atomic E-state index is 0.00375. The van der Waals surface area contributed by atoms with Crippen LogP contribution < -0.4 is 38.1 Å². The second-order valence-electron chi connectivity index (χ2n) is 22.8. The van der Waals surface area contributed by atoms with E-state index in [0.717, 1.165) is 49.4 Å². The second-order valence-corrected chi connectivity index (χ2v) is 25.4. The number of amides is 4. The molecule has 1 aliphatic carbocycles. The van der Waals surface area contributed by atoms with E-state index in [2.05, 4.69) is 63.3 Å².